The van der Waals surface area contributed by atoms with Gasteiger partial charge in [0.2, 0.25) is 11.8 Å². The Morgan fingerprint density at radius 3 is 2.39 bits per heavy atom. The third-order valence-corrected chi connectivity index (χ3v) is 6.94. The second kappa shape index (κ2) is 10.1. The van der Waals surface area contributed by atoms with Crippen LogP contribution in [0.15, 0.2) is 47.8 Å². The van der Waals surface area contributed by atoms with Gasteiger partial charge in [-0.05, 0) is 55.0 Å². The number of hydrogen-bond acceptors (Lipinski definition) is 4. The maximum atomic E-state index is 12.9. The molecule has 1 aromatic carbocycles. The Morgan fingerprint density at radius 2 is 1.74 bits per heavy atom. The van der Waals surface area contributed by atoms with Crippen molar-refractivity contribution in [3.8, 4) is 0 Å². The number of nitrogens with one attached hydrogen (secondary N) is 2. The van der Waals surface area contributed by atoms with Gasteiger partial charge in [-0.1, -0.05) is 36.4 Å². The molecule has 1 aliphatic heterocycles. The minimum absolute atomic E-state index is 0.0286. The first-order valence-electron chi connectivity index (χ1n) is 11.1. The maximum absolute atomic E-state index is 12.9. The smallest absolute Gasteiger partial charge is 0.262 e. The molecular formula is C24H29N3O3S. The van der Waals surface area contributed by atoms with Crippen LogP contribution in [0.3, 0.4) is 0 Å². The van der Waals surface area contributed by atoms with Gasteiger partial charge in [-0.2, -0.15) is 0 Å². The van der Waals surface area contributed by atoms with E-state index in [1.165, 1.54) is 16.9 Å². The number of rotatable bonds is 8. The molecule has 1 atom stereocenters. The summed E-state index contributed by atoms with van der Waals surface area (Å²) in [5.74, 6) is -0.113. The summed E-state index contributed by atoms with van der Waals surface area (Å²) in [6.07, 6.45) is 4.67. The van der Waals surface area contributed by atoms with E-state index in [1.807, 2.05) is 46.7 Å². The van der Waals surface area contributed by atoms with Crippen molar-refractivity contribution in [2.45, 2.75) is 50.6 Å². The summed E-state index contributed by atoms with van der Waals surface area (Å²) in [5.41, 5.74) is 1.17. The van der Waals surface area contributed by atoms with Crippen LogP contribution in [0, 0.1) is 5.92 Å². The molecule has 1 unspecified atom stereocenters. The first-order valence-corrected chi connectivity index (χ1v) is 11.9. The van der Waals surface area contributed by atoms with Crippen LogP contribution in [0.25, 0.3) is 0 Å². The van der Waals surface area contributed by atoms with Gasteiger partial charge in [0.05, 0.1) is 4.88 Å². The zero-order valence-corrected chi connectivity index (χ0v) is 18.4. The van der Waals surface area contributed by atoms with Gasteiger partial charge in [-0.15, -0.1) is 11.3 Å². The van der Waals surface area contributed by atoms with Gasteiger partial charge in [-0.3, -0.25) is 14.4 Å². The second-order valence-electron chi connectivity index (χ2n) is 8.42. The molecule has 2 N–H and O–H groups in total. The molecule has 164 valence electrons. The fraction of sp³-hybridized carbons (Fsp3) is 0.458. The molecule has 31 heavy (non-hydrogen) atoms. The van der Waals surface area contributed by atoms with Crippen LogP contribution in [-0.2, 0) is 16.0 Å². The number of nitrogens with zero attached hydrogens (tertiary/aromatic N) is 1. The van der Waals surface area contributed by atoms with Gasteiger partial charge < -0.3 is 15.5 Å². The molecule has 2 fully saturated rings. The van der Waals surface area contributed by atoms with E-state index in [1.54, 1.807) is 6.07 Å². The van der Waals surface area contributed by atoms with Gasteiger partial charge in [0.1, 0.15) is 6.04 Å². The molecule has 2 aromatic rings. The molecule has 0 spiro atoms. The van der Waals surface area contributed by atoms with Crippen molar-refractivity contribution in [3.05, 3.63) is 58.3 Å². The highest BCUT2D eigenvalue weighted by molar-refractivity contribution is 7.12. The van der Waals surface area contributed by atoms with Crippen LogP contribution in [0.4, 0.5) is 0 Å². The summed E-state index contributed by atoms with van der Waals surface area (Å²) in [7, 11) is 0. The number of benzene rings is 1. The largest absolute Gasteiger partial charge is 0.352 e. The fourth-order valence-corrected chi connectivity index (χ4v) is 4.70. The lowest BCUT2D eigenvalue weighted by atomic mass is 9.88. The molecule has 0 radical (unpaired) electrons. The molecule has 1 aromatic heterocycles. The monoisotopic (exact) mass is 439 g/mol. The summed E-state index contributed by atoms with van der Waals surface area (Å²) in [6, 6.07) is 13.3. The van der Waals surface area contributed by atoms with E-state index in [9.17, 15) is 14.4 Å². The quantitative estimate of drug-likeness (QED) is 0.664. The van der Waals surface area contributed by atoms with Crippen molar-refractivity contribution in [2.75, 3.05) is 13.1 Å². The standard InChI is InChI=1S/C24H29N3O3S/c28-21(11-8-17-5-2-1-3-6-17)27-14-12-18(13-15-27)22(24(30)25-19-9-10-19)26-23(29)20-7-4-16-31-20/h1-7,16,18-19,22H,8-15H2,(H,25,30)(H,26,29). The van der Waals surface area contributed by atoms with Crippen LogP contribution in [-0.4, -0.2) is 47.8 Å². The van der Waals surface area contributed by atoms with E-state index >= 15 is 0 Å². The summed E-state index contributed by atoms with van der Waals surface area (Å²) in [4.78, 5) is 40.6. The lowest BCUT2D eigenvalue weighted by molar-refractivity contribution is -0.133. The summed E-state index contributed by atoms with van der Waals surface area (Å²) in [6.45, 7) is 1.25. The number of carbonyl (C=O) groups is 3. The number of likely N-dealkylation sites (tertiary alicyclic amines) is 1. The average molecular weight is 440 g/mol. The number of amides is 3. The minimum Gasteiger partial charge on any atom is -0.352 e. The van der Waals surface area contributed by atoms with Gasteiger partial charge in [0.25, 0.3) is 5.91 Å². The van der Waals surface area contributed by atoms with Gasteiger partial charge in [-0.25, -0.2) is 0 Å². The topological polar surface area (TPSA) is 78.5 Å². The van der Waals surface area contributed by atoms with Gasteiger partial charge in [0, 0.05) is 25.6 Å². The van der Waals surface area contributed by atoms with Crippen molar-refractivity contribution < 1.29 is 14.4 Å². The Labute approximate surface area is 187 Å². The lowest BCUT2D eigenvalue weighted by Crippen LogP contribution is -2.54. The third-order valence-electron chi connectivity index (χ3n) is 6.07. The van der Waals surface area contributed by atoms with Crippen molar-refractivity contribution in [2.24, 2.45) is 5.92 Å². The Morgan fingerprint density at radius 1 is 1.00 bits per heavy atom. The SMILES string of the molecule is O=C(NC(C(=O)NC1CC1)C1CCN(C(=O)CCc2ccccc2)CC1)c1cccs1. The maximum Gasteiger partial charge on any atom is 0.262 e. The number of carbonyl (C=O) groups excluding carboxylic acids is 3. The molecule has 4 rings (SSSR count). The van der Waals surface area contributed by atoms with Crippen molar-refractivity contribution >= 4 is 29.1 Å². The second-order valence-corrected chi connectivity index (χ2v) is 9.36. The Bertz CT molecular complexity index is 888. The summed E-state index contributed by atoms with van der Waals surface area (Å²) < 4.78 is 0. The van der Waals surface area contributed by atoms with E-state index in [0.29, 0.717) is 37.2 Å². The zero-order valence-electron chi connectivity index (χ0n) is 17.6. The first-order chi connectivity index (χ1) is 15.1. The molecule has 3 amide bonds. The molecule has 6 nitrogen and oxygen atoms in total. The average Bonchev–Trinajstić information content (AvgIpc) is 3.44. The molecule has 1 aliphatic carbocycles. The van der Waals surface area contributed by atoms with E-state index in [2.05, 4.69) is 10.6 Å². The fourth-order valence-electron chi connectivity index (χ4n) is 4.07. The van der Waals surface area contributed by atoms with Crippen LogP contribution in [0.2, 0.25) is 0 Å². The van der Waals surface area contributed by atoms with Crippen LogP contribution in [0.5, 0.6) is 0 Å². The highest BCUT2D eigenvalue weighted by atomic mass is 32.1. The van der Waals surface area contributed by atoms with Gasteiger partial charge >= 0.3 is 0 Å². The van der Waals surface area contributed by atoms with E-state index in [0.717, 1.165) is 19.3 Å². The molecule has 2 heterocycles. The van der Waals surface area contributed by atoms with Crippen LogP contribution >= 0.6 is 11.3 Å². The Balaban J connectivity index is 1.32. The molecule has 7 heteroatoms. The van der Waals surface area contributed by atoms with Crippen LogP contribution < -0.4 is 10.6 Å². The predicted octanol–water partition coefficient (Wildman–Crippen LogP) is 3.00. The summed E-state index contributed by atoms with van der Waals surface area (Å²) >= 11 is 1.37. The van der Waals surface area contributed by atoms with Crippen molar-refractivity contribution in [3.63, 3.8) is 0 Å². The first kappa shape index (κ1) is 21.6. The number of hydrogen-bond donors (Lipinski definition) is 2. The van der Waals surface area contributed by atoms with E-state index in [4.69, 9.17) is 0 Å². The van der Waals surface area contributed by atoms with Gasteiger partial charge in [0.15, 0.2) is 0 Å². The number of thiophene rings is 1. The highest BCUT2D eigenvalue weighted by Gasteiger charge is 2.36. The predicted molar refractivity (Wildman–Crippen MR) is 121 cm³/mol. The van der Waals surface area contributed by atoms with Crippen molar-refractivity contribution in [1.29, 1.82) is 0 Å². The molecule has 2 aliphatic rings. The van der Waals surface area contributed by atoms with Crippen LogP contribution in [0.1, 0.15) is 47.3 Å². The number of piperidine rings is 1. The van der Waals surface area contributed by atoms with E-state index < -0.39 is 6.04 Å². The van der Waals surface area contributed by atoms with E-state index in [-0.39, 0.29) is 29.7 Å². The summed E-state index contributed by atoms with van der Waals surface area (Å²) in [5, 5.41) is 7.87. The number of aryl methyl sites for hydroxylation is 1. The molecular weight excluding hydrogens is 410 g/mol. The Hall–Kier alpha value is -2.67. The molecule has 0 bridgehead atoms. The normalized spacial score (nSPS) is 17.7. The van der Waals surface area contributed by atoms with Crippen molar-refractivity contribution in [1.82, 2.24) is 15.5 Å². The molecule has 1 saturated carbocycles. The molecule has 1 saturated heterocycles. The highest BCUT2D eigenvalue weighted by Crippen LogP contribution is 2.25. The third kappa shape index (κ3) is 5.94. The minimum atomic E-state index is -0.559. The Kier molecular flexibility index (Phi) is 7.02. The zero-order chi connectivity index (χ0) is 21.6. The lowest BCUT2D eigenvalue weighted by Gasteiger charge is -2.36.